The van der Waals surface area contributed by atoms with Crippen molar-refractivity contribution in [3.8, 4) is 0 Å². The highest BCUT2D eigenvalue weighted by Gasteiger charge is 2.17. The molecule has 1 aromatic rings. The van der Waals surface area contributed by atoms with Gasteiger partial charge in [-0.25, -0.2) is 0 Å². The molecule has 0 radical (unpaired) electrons. The molecule has 2 nitrogen and oxygen atoms in total. The molecule has 2 heteroatoms. The maximum atomic E-state index is 4.80. The van der Waals surface area contributed by atoms with Crippen molar-refractivity contribution in [2.24, 2.45) is 10.9 Å². The van der Waals surface area contributed by atoms with Crippen molar-refractivity contribution in [1.29, 1.82) is 0 Å². The van der Waals surface area contributed by atoms with Gasteiger partial charge in [0.15, 0.2) is 0 Å². The van der Waals surface area contributed by atoms with Crippen molar-refractivity contribution in [2.45, 2.75) is 39.2 Å². The van der Waals surface area contributed by atoms with Crippen LogP contribution < -0.4 is 0 Å². The van der Waals surface area contributed by atoms with Gasteiger partial charge in [-0.05, 0) is 30.9 Å². The standard InChI is InChI=1S/C17H26N2/c1-15(2)13-19-11-7-6-10-17(14-19)18-12-16-8-4-3-5-9-16/h3-5,8-9,12,15,17H,6-7,10-11,13-14H2,1-2H3. The van der Waals surface area contributed by atoms with Crippen molar-refractivity contribution < 1.29 is 0 Å². The molecule has 0 N–H and O–H groups in total. The summed E-state index contributed by atoms with van der Waals surface area (Å²) in [6.45, 7) is 8.18. The Morgan fingerprint density at radius 2 is 2.05 bits per heavy atom. The number of aliphatic imine (C=N–C) groups is 1. The number of hydrogen-bond donors (Lipinski definition) is 0. The fraction of sp³-hybridized carbons (Fsp3) is 0.588. The van der Waals surface area contributed by atoms with Crippen LogP contribution >= 0.6 is 0 Å². The summed E-state index contributed by atoms with van der Waals surface area (Å²) in [5.41, 5.74) is 1.21. The first kappa shape index (κ1) is 14.3. The Labute approximate surface area is 117 Å². The Kier molecular flexibility index (Phi) is 5.59. The van der Waals surface area contributed by atoms with Gasteiger partial charge in [0.1, 0.15) is 0 Å². The highest BCUT2D eigenvalue weighted by atomic mass is 15.1. The van der Waals surface area contributed by atoms with Crippen LogP contribution in [0.1, 0.15) is 38.7 Å². The van der Waals surface area contributed by atoms with Crippen molar-refractivity contribution in [2.75, 3.05) is 19.6 Å². The fourth-order valence-corrected chi connectivity index (χ4v) is 2.73. The highest BCUT2D eigenvalue weighted by Crippen LogP contribution is 2.15. The average molecular weight is 258 g/mol. The quantitative estimate of drug-likeness (QED) is 0.753. The third-order valence-corrected chi connectivity index (χ3v) is 3.59. The Hall–Kier alpha value is -1.15. The Morgan fingerprint density at radius 3 is 2.79 bits per heavy atom. The summed E-state index contributed by atoms with van der Waals surface area (Å²) in [6.07, 6.45) is 5.91. The molecule has 1 saturated heterocycles. The van der Waals surface area contributed by atoms with E-state index in [-0.39, 0.29) is 0 Å². The van der Waals surface area contributed by atoms with Crippen molar-refractivity contribution in [1.82, 2.24) is 4.90 Å². The molecule has 0 amide bonds. The van der Waals surface area contributed by atoms with Crippen LogP contribution in [0.15, 0.2) is 35.3 Å². The molecular formula is C17H26N2. The van der Waals surface area contributed by atoms with E-state index in [0.29, 0.717) is 6.04 Å². The van der Waals surface area contributed by atoms with Crippen LogP contribution in [0, 0.1) is 5.92 Å². The molecule has 1 atom stereocenters. The van der Waals surface area contributed by atoms with E-state index < -0.39 is 0 Å². The molecule has 0 aromatic heterocycles. The predicted octanol–water partition coefficient (Wildman–Crippen LogP) is 3.62. The van der Waals surface area contributed by atoms with E-state index in [1.807, 2.05) is 12.3 Å². The van der Waals surface area contributed by atoms with Crippen molar-refractivity contribution in [3.63, 3.8) is 0 Å². The molecule has 1 heterocycles. The largest absolute Gasteiger partial charge is 0.301 e. The predicted molar refractivity (Wildman–Crippen MR) is 83.0 cm³/mol. The first-order valence-corrected chi connectivity index (χ1v) is 7.54. The highest BCUT2D eigenvalue weighted by molar-refractivity contribution is 5.79. The van der Waals surface area contributed by atoms with E-state index in [4.69, 9.17) is 4.99 Å². The van der Waals surface area contributed by atoms with Crippen LogP contribution in [0.4, 0.5) is 0 Å². The Bertz CT molecular complexity index is 384. The molecule has 0 bridgehead atoms. The molecule has 1 unspecified atom stereocenters. The minimum absolute atomic E-state index is 0.474. The molecule has 0 saturated carbocycles. The zero-order chi connectivity index (χ0) is 13.5. The van der Waals surface area contributed by atoms with Crippen molar-refractivity contribution >= 4 is 6.21 Å². The van der Waals surface area contributed by atoms with Crippen LogP contribution in [0.2, 0.25) is 0 Å². The van der Waals surface area contributed by atoms with Gasteiger partial charge in [0, 0.05) is 19.3 Å². The van der Waals surface area contributed by atoms with Gasteiger partial charge in [0.05, 0.1) is 6.04 Å². The third-order valence-electron chi connectivity index (χ3n) is 3.59. The molecule has 1 aromatic carbocycles. The zero-order valence-electron chi connectivity index (χ0n) is 12.3. The first-order chi connectivity index (χ1) is 9.24. The van der Waals surface area contributed by atoms with Crippen LogP contribution in [0.3, 0.4) is 0 Å². The molecule has 1 aliphatic heterocycles. The summed E-state index contributed by atoms with van der Waals surface area (Å²) in [4.78, 5) is 7.39. The lowest BCUT2D eigenvalue weighted by Gasteiger charge is -2.24. The molecular weight excluding hydrogens is 232 g/mol. The third kappa shape index (κ3) is 5.15. The molecule has 1 fully saturated rings. The lowest BCUT2D eigenvalue weighted by Crippen LogP contribution is -2.33. The summed E-state index contributed by atoms with van der Waals surface area (Å²) in [7, 11) is 0. The van der Waals surface area contributed by atoms with E-state index in [1.54, 1.807) is 0 Å². The lowest BCUT2D eigenvalue weighted by molar-refractivity contribution is 0.244. The second kappa shape index (κ2) is 7.44. The van der Waals surface area contributed by atoms with Crippen molar-refractivity contribution in [3.05, 3.63) is 35.9 Å². The van der Waals surface area contributed by atoms with Crippen LogP contribution in [0.5, 0.6) is 0 Å². The topological polar surface area (TPSA) is 15.6 Å². The normalized spacial score (nSPS) is 21.9. The monoisotopic (exact) mass is 258 g/mol. The maximum Gasteiger partial charge on any atom is 0.0626 e. The summed E-state index contributed by atoms with van der Waals surface area (Å²) in [5, 5.41) is 0. The number of nitrogens with zero attached hydrogens (tertiary/aromatic N) is 2. The van der Waals surface area contributed by atoms with E-state index in [1.165, 1.54) is 37.9 Å². The summed E-state index contributed by atoms with van der Waals surface area (Å²) in [5.74, 6) is 0.747. The minimum Gasteiger partial charge on any atom is -0.301 e. The van der Waals surface area contributed by atoms with Gasteiger partial charge in [-0.3, -0.25) is 4.99 Å². The molecule has 104 valence electrons. The molecule has 19 heavy (non-hydrogen) atoms. The number of benzene rings is 1. The van der Waals surface area contributed by atoms with Gasteiger partial charge in [-0.15, -0.1) is 0 Å². The van der Waals surface area contributed by atoms with Gasteiger partial charge < -0.3 is 4.90 Å². The smallest absolute Gasteiger partial charge is 0.0626 e. The van der Waals surface area contributed by atoms with E-state index >= 15 is 0 Å². The minimum atomic E-state index is 0.474. The maximum absolute atomic E-state index is 4.80. The molecule has 2 rings (SSSR count). The van der Waals surface area contributed by atoms with Gasteiger partial charge in [0.25, 0.3) is 0 Å². The molecule has 0 spiro atoms. The first-order valence-electron chi connectivity index (χ1n) is 7.54. The Morgan fingerprint density at radius 1 is 1.26 bits per heavy atom. The summed E-state index contributed by atoms with van der Waals surface area (Å²) in [6, 6.07) is 10.9. The summed E-state index contributed by atoms with van der Waals surface area (Å²) >= 11 is 0. The van der Waals surface area contributed by atoms with Gasteiger partial charge in [-0.1, -0.05) is 50.6 Å². The number of rotatable bonds is 4. The number of hydrogen-bond acceptors (Lipinski definition) is 2. The fourth-order valence-electron chi connectivity index (χ4n) is 2.73. The lowest BCUT2D eigenvalue weighted by atomic mass is 10.1. The van der Waals surface area contributed by atoms with Gasteiger partial charge in [-0.2, -0.15) is 0 Å². The second-order valence-corrected chi connectivity index (χ2v) is 5.99. The van der Waals surface area contributed by atoms with Gasteiger partial charge in [0.2, 0.25) is 0 Å². The summed E-state index contributed by atoms with van der Waals surface area (Å²) < 4.78 is 0. The van der Waals surface area contributed by atoms with E-state index in [0.717, 1.165) is 12.5 Å². The zero-order valence-corrected chi connectivity index (χ0v) is 12.3. The second-order valence-electron chi connectivity index (χ2n) is 5.99. The van der Waals surface area contributed by atoms with E-state index in [9.17, 15) is 0 Å². The van der Waals surface area contributed by atoms with Crippen LogP contribution in [-0.2, 0) is 0 Å². The van der Waals surface area contributed by atoms with Crippen LogP contribution in [-0.4, -0.2) is 36.8 Å². The average Bonchev–Trinajstić information content (AvgIpc) is 2.62. The van der Waals surface area contributed by atoms with Gasteiger partial charge >= 0.3 is 0 Å². The molecule has 1 aliphatic rings. The van der Waals surface area contributed by atoms with E-state index in [2.05, 4.69) is 43.0 Å². The van der Waals surface area contributed by atoms with Crippen LogP contribution in [0.25, 0.3) is 0 Å². The molecule has 0 aliphatic carbocycles. The Balaban J connectivity index is 1.93. The SMILES string of the molecule is CC(C)CN1CCCCC(N=Cc2ccccc2)C1. The number of likely N-dealkylation sites (tertiary alicyclic amines) is 1.